The maximum atomic E-state index is 12.2. The van der Waals surface area contributed by atoms with Crippen LogP contribution in [0.5, 0.6) is 0 Å². The van der Waals surface area contributed by atoms with Crippen molar-refractivity contribution in [1.82, 2.24) is 0 Å². The summed E-state index contributed by atoms with van der Waals surface area (Å²) in [7, 11) is -1.60. The monoisotopic (exact) mass is 476 g/mol. The molecule has 0 aliphatic rings. The Hall–Kier alpha value is -0.199. The number of aliphatic hydroxyl groups is 2. The molecule has 30 heavy (non-hydrogen) atoms. The molecule has 0 radical (unpaired) electrons. The van der Waals surface area contributed by atoms with Crippen LogP contribution in [-0.2, 0) is 31.2 Å². The zero-order valence-electron chi connectivity index (χ0n) is 21.5. The van der Waals surface area contributed by atoms with E-state index in [0.717, 1.165) is 12.8 Å². The van der Waals surface area contributed by atoms with Crippen molar-refractivity contribution in [3.05, 3.63) is 23.4 Å². The van der Waals surface area contributed by atoms with E-state index in [1.807, 2.05) is 20.8 Å². The second-order valence-corrected chi connectivity index (χ2v) is 14.4. The summed E-state index contributed by atoms with van der Waals surface area (Å²) in [6, 6.07) is 0. The minimum absolute atomic E-state index is 0. The van der Waals surface area contributed by atoms with Crippen LogP contribution in [0.4, 0.5) is 0 Å². The van der Waals surface area contributed by atoms with Gasteiger partial charge < -0.3 is 31.9 Å². The number of carbonyl (C=O) groups excluding carboxylic acids is 1. The standard InChI is InChI=1S/C18H32O2Si.2C3H8O.Ti/c1-8-9-10-11-12-13-14-16(15-21(5,6)7)17(19)20-18(2,3)4;2*1-3(2)4;/h14H,8-12H2,1-7H3;2*3-4H,1-2H3;/q-2;;;+2. The Bertz CT molecular complexity index is 447. The molecule has 0 unspecified atom stereocenters. The molecule has 2 N–H and O–H groups in total. The number of hydrogen-bond acceptors (Lipinski definition) is 4. The van der Waals surface area contributed by atoms with E-state index in [2.05, 4.69) is 38.3 Å². The minimum atomic E-state index is -1.60. The maximum absolute atomic E-state index is 12.2. The zero-order chi connectivity index (χ0) is 23.7. The molecule has 0 spiro atoms. The fourth-order valence-electron chi connectivity index (χ4n) is 1.71. The van der Waals surface area contributed by atoms with E-state index in [1.54, 1.807) is 33.8 Å². The molecule has 0 atom stereocenters. The molecule has 0 aromatic carbocycles. The van der Waals surface area contributed by atoms with Crippen LogP contribution in [-0.4, -0.2) is 42.1 Å². The number of esters is 1. The first-order valence-electron chi connectivity index (χ1n) is 10.8. The van der Waals surface area contributed by atoms with E-state index < -0.39 is 13.7 Å². The summed E-state index contributed by atoms with van der Waals surface area (Å²) in [5.74, 6) is -0.286. The van der Waals surface area contributed by atoms with Crippen molar-refractivity contribution in [2.75, 3.05) is 0 Å². The second kappa shape index (κ2) is 20.7. The van der Waals surface area contributed by atoms with Crippen molar-refractivity contribution in [2.45, 2.75) is 125 Å². The van der Waals surface area contributed by atoms with Crippen LogP contribution < -0.4 is 0 Å². The number of rotatable bonds is 8. The van der Waals surface area contributed by atoms with Gasteiger partial charge in [-0.1, -0.05) is 52.2 Å². The third-order valence-electron chi connectivity index (χ3n) is 2.55. The van der Waals surface area contributed by atoms with Gasteiger partial charge in [-0.2, -0.15) is 0 Å². The molecule has 0 aliphatic heterocycles. The Labute approximate surface area is 203 Å². The van der Waals surface area contributed by atoms with E-state index >= 15 is 0 Å². The first-order valence-corrected chi connectivity index (χ1v) is 14.3. The molecule has 0 saturated heterocycles. The summed E-state index contributed by atoms with van der Waals surface area (Å²) in [6.45, 7) is 21.2. The molecule has 0 aromatic heterocycles. The van der Waals surface area contributed by atoms with E-state index in [-0.39, 0.29) is 39.9 Å². The third kappa shape index (κ3) is 42.0. The van der Waals surface area contributed by atoms with Crippen molar-refractivity contribution in [1.29, 1.82) is 0 Å². The molecule has 0 aliphatic carbocycles. The molecule has 0 amide bonds. The van der Waals surface area contributed by atoms with Gasteiger partial charge in [-0.3, -0.25) is 11.3 Å². The second-order valence-electron chi connectivity index (χ2n) is 9.64. The molecule has 0 heterocycles. The van der Waals surface area contributed by atoms with Gasteiger partial charge in [0.15, 0.2) is 0 Å². The summed E-state index contributed by atoms with van der Waals surface area (Å²) in [6.07, 6.45) is 10.4. The van der Waals surface area contributed by atoms with Crippen LogP contribution in [0.3, 0.4) is 0 Å². The van der Waals surface area contributed by atoms with Crippen LogP contribution >= 0.6 is 0 Å². The molecular weight excluding hydrogens is 428 g/mol. The fraction of sp³-hybridized carbons (Fsp3) is 0.792. The Morgan fingerprint density at radius 1 is 1.00 bits per heavy atom. The quantitative estimate of drug-likeness (QED) is 0.112. The van der Waals surface area contributed by atoms with E-state index in [4.69, 9.17) is 14.9 Å². The maximum Gasteiger partial charge on any atom is 2.00 e. The zero-order valence-corrected chi connectivity index (χ0v) is 24.0. The molecular formula is C24H48O4SiTi. The summed E-state index contributed by atoms with van der Waals surface area (Å²) in [5, 5.41) is 16.1. The fourth-order valence-corrected chi connectivity index (χ4v) is 2.69. The third-order valence-corrected chi connectivity index (χ3v) is 3.57. The Morgan fingerprint density at radius 2 is 1.43 bits per heavy atom. The number of hydrogen-bond donors (Lipinski definition) is 2. The summed E-state index contributed by atoms with van der Waals surface area (Å²) in [4.78, 5) is 12.2. The van der Waals surface area contributed by atoms with Crippen molar-refractivity contribution in [2.24, 2.45) is 0 Å². The smallest absolute Gasteiger partial charge is 0.528 e. The first kappa shape index (κ1) is 37.1. The predicted molar refractivity (Wildman–Crippen MR) is 127 cm³/mol. The summed E-state index contributed by atoms with van der Waals surface area (Å²) < 4.78 is 5.45. The molecule has 0 aromatic rings. The van der Waals surface area contributed by atoms with Crippen molar-refractivity contribution < 1.29 is 41.5 Å². The molecule has 0 saturated carbocycles. The van der Waals surface area contributed by atoms with Crippen molar-refractivity contribution in [3.8, 4) is 0 Å². The number of aliphatic hydroxyl groups excluding tert-OH is 2. The topological polar surface area (TPSA) is 66.8 Å². The summed E-state index contributed by atoms with van der Waals surface area (Å²) >= 11 is 0. The number of carbonyl (C=O) groups is 1. The van der Waals surface area contributed by atoms with Crippen LogP contribution in [0, 0.1) is 11.8 Å². The Balaban J connectivity index is -0.000000319. The van der Waals surface area contributed by atoms with E-state index in [9.17, 15) is 4.79 Å². The summed E-state index contributed by atoms with van der Waals surface area (Å²) in [5.41, 5.74) is 3.41. The number of unbranched alkanes of at least 4 members (excludes halogenated alkanes) is 4. The Morgan fingerprint density at radius 3 is 1.77 bits per heavy atom. The molecule has 6 heteroatoms. The molecule has 4 nitrogen and oxygen atoms in total. The van der Waals surface area contributed by atoms with Crippen LogP contribution in [0.1, 0.15) is 87.5 Å². The molecule has 0 bridgehead atoms. The number of allylic oxidation sites excluding steroid dienone is 1. The SMILES string of the molecule is CC(C)O.CC(C)O.CCCCCC[C-]=CC(=[C-][Si](C)(C)C)C(=O)OC(C)(C)C.[Ti+2]. The molecule has 0 rings (SSSR count). The van der Waals surface area contributed by atoms with Gasteiger partial charge >= 0.3 is 21.7 Å². The average Bonchev–Trinajstić information content (AvgIpc) is 2.45. The predicted octanol–water partition coefficient (Wildman–Crippen LogP) is 6.04. The first-order chi connectivity index (χ1) is 13.0. The van der Waals surface area contributed by atoms with Gasteiger partial charge in [0.25, 0.3) is 0 Å². The number of ether oxygens (including phenoxy) is 1. The molecule has 176 valence electrons. The largest absolute Gasteiger partial charge is 2.00 e. The van der Waals surface area contributed by atoms with Gasteiger partial charge in [-0.25, -0.2) is 0 Å². The van der Waals surface area contributed by atoms with Crippen LogP contribution in [0.2, 0.25) is 19.6 Å². The van der Waals surface area contributed by atoms with E-state index in [1.165, 1.54) is 19.3 Å². The van der Waals surface area contributed by atoms with Gasteiger partial charge in [0.05, 0.1) is 5.60 Å². The van der Waals surface area contributed by atoms with Crippen LogP contribution in [0.25, 0.3) is 0 Å². The van der Waals surface area contributed by atoms with Gasteiger partial charge in [-0.05, 0) is 56.5 Å². The van der Waals surface area contributed by atoms with Crippen molar-refractivity contribution >= 4 is 14.0 Å². The van der Waals surface area contributed by atoms with Crippen LogP contribution in [0.15, 0.2) is 11.6 Å². The Kier molecular flexibility index (Phi) is 25.6. The van der Waals surface area contributed by atoms with Gasteiger partial charge in [-0.15, -0.1) is 6.42 Å². The van der Waals surface area contributed by atoms with Gasteiger partial charge in [0, 0.05) is 12.2 Å². The van der Waals surface area contributed by atoms with Gasteiger partial charge in [0.1, 0.15) is 5.97 Å². The van der Waals surface area contributed by atoms with Crippen molar-refractivity contribution in [3.63, 3.8) is 0 Å². The average molecular weight is 477 g/mol. The normalized spacial score (nSPS) is 12.0. The minimum Gasteiger partial charge on any atom is -0.528 e. The van der Waals surface area contributed by atoms with Gasteiger partial charge in [0.2, 0.25) is 0 Å². The molecule has 0 fully saturated rings. The van der Waals surface area contributed by atoms with E-state index in [0.29, 0.717) is 5.57 Å².